The molecule has 1 atom stereocenters. The number of benzene rings is 2. The Kier molecular flexibility index (Phi) is 5.16. The molecule has 132 valence electrons. The fourth-order valence-electron chi connectivity index (χ4n) is 3.20. The third-order valence-electron chi connectivity index (χ3n) is 4.32. The van der Waals surface area contributed by atoms with Gasteiger partial charge >= 0.3 is 6.61 Å². The third-order valence-corrected chi connectivity index (χ3v) is 4.32. The van der Waals surface area contributed by atoms with Gasteiger partial charge in [0.05, 0.1) is 13.2 Å². The monoisotopic (exact) mass is 347 g/mol. The summed E-state index contributed by atoms with van der Waals surface area (Å²) in [6, 6.07) is 14.2. The van der Waals surface area contributed by atoms with E-state index in [0.717, 1.165) is 18.4 Å². The van der Waals surface area contributed by atoms with Crippen molar-refractivity contribution in [1.29, 1.82) is 0 Å². The van der Waals surface area contributed by atoms with Gasteiger partial charge in [0.25, 0.3) is 5.91 Å². The summed E-state index contributed by atoms with van der Waals surface area (Å²) in [6.07, 6.45) is 1.79. The molecule has 1 saturated heterocycles. The van der Waals surface area contributed by atoms with E-state index in [1.54, 1.807) is 11.0 Å². The number of likely N-dealkylation sites (tertiary alicyclic amines) is 1. The lowest BCUT2D eigenvalue weighted by atomic mass is 10.0. The Labute approximate surface area is 145 Å². The van der Waals surface area contributed by atoms with Crippen LogP contribution in [0.5, 0.6) is 11.5 Å². The highest BCUT2D eigenvalue weighted by atomic mass is 19.3. The molecule has 2 aromatic rings. The molecule has 1 aliphatic heterocycles. The molecule has 0 bridgehead atoms. The molecule has 2 aromatic carbocycles. The van der Waals surface area contributed by atoms with Crippen LogP contribution >= 0.6 is 0 Å². The SMILES string of the molecule is COc1ccc(C(=O)N2CCC[C@H]2c2ccccc2)cc1OC(F)F. The van der Waals surface area contributed by atoms with Crippen LogP contribution in [0.1, 0.15) is 34.8 Å². The first kappa shape index (κ1) is 17.2. The van der Waals surface area contributed by atoms with Crippen molar-refractivity contribution < 1.29 is 23.0 Å². The topological polar surface area (TPSA) is 38.8 Å². The number of methoxy groups -OCH3 is 1. The summed E-state index contributed by atoms with van der Waals surface area (Å²) in [4.78, 5) is 14.7. The first-order valence-electron chi connectivity index (χ1n) is 8.09. The number of rotatable bonds is 5. The van der Waals surface area contributed by atoms with Crippen molar-refractivity contribution in [1.82, 2.24) is 4.90 Å². The molecule has 4 nitrogen and oxygen atoms in total. The minimum Gasteiger partial charge on any atom is -0.493 e. The lowest BCUT2D eigenvalue weighted by molar-refractivity contribution is -0.0512. The first-order valence-corrected chi connectivity index (χ1v) is 8.09. The van der Waals surface area contributed by atoms with Crippen molar-refractivity contribution in [2.75, 3.05) is 13.7 Å². The van der Waals surface area contributed by atoms with Crippen LogP contribution in [0.25, 0.3) is 0 Å². The van der Waals surface area contributed by atoms with E-state index < -0.39 is 6.61 Å². The van der Waals surface area contributed by atoms with E-state index in [1.807, 2.05) is 30.3 Å². The Bertz CT molecular complexity index is 737. The summed E-state index contributed by atoms with van der Waals surface area (Å²) >= 11 is 0. The predicted octanol–water partition coefficient (Wildman–Crippen LogP) is 4.27. The molecule has 1 aliphatic rings. The van der Waals surface area contributed by atoms with Crippen molar-refractivity contribution in [3.63, 3.8) is 0 Å². The Morgan fingerprint density at radius 1 is 1.16 bits per heavy atom. The summed E-state index contributed by atoms with van der Waals surface area (Å²) in [6.45, 7) is -2.35. The molecule has 3 rings (SSSR count). The van der Waals surface area contributed by atoms with Crippen LogP contribution in [0.3, 0.4) is 0 Å². The van der Waals surface area contributed by atoms with Crippen molar-refractivity contribution in [3.05, 3.63) is 59.7 Å². The van der Waals surface area contributed by atoms with E-state index in [2.05, 4.69) is 4.74 Å². The van der Waals surface area contributed by atoms with Crippen LogP contribution in [0.2, 0.25) is 0 Å². The standard InChI is InChI=1S/C19H19F2NO3/c1-24-16-10-9-14(12-17(16)25-19(20)21)18(23)22-11-5-8-15(22)13-6-3-2-4-7-13/h2-4,6-7,9-10,12,15,19H,5,8,11H2,1H3/t15-/m0/s1. The molecular formula is C19H19F2NO3. The third kappa shape index (κ3) is 3.73. The highest BCUT2D eigenvalue weighted by Gasteiger charge is 2.31. The number of hydrogen-bond donors (Lipinski definition) is 0. The zero-order chi connectivity index (χ0) is 17.8. The molecule has 0 spiro atoms. The van der Waals surface area contributed by atoms with E-state index in [1.165, 1.54) is 19.2 Å². The van der Waals surface area contributed by atoms with Crippen molar-refractivity contribution in [2.24, 2.45) is 0 Å². The van der Waals surface area contributed by atoms with E-state index in [0.29, 0.717) is 12.1 Å². The number of halogens is 2. The number of ether oxygens (including phenoxy) is 2. The maximum atomic E-state index is 12.9. The van der Waals surface area contributed by atoms with Gasteiger partial charge in [-0.2, -0.15) is 8.78 Å². The van der Waals surface area contributed by atoms with E-state index in [-0.39, 0.29) is 23.4 Å². The fraction of sp³-hybridized carbons (Fsp3) is 0.316. The normalized spacial score (nSPS) is 17.0. The molecular weight excluding hydrogens is 328 g/mol. The first-order chi connectivity index (χ1) is 12.1. The minimum atomic E-state index is -2.98. The Hall–Kier alpha value is -2.63. The summed E-state index contributed by atoms with van der Waals surface area (Å²) in [5.74, 6) is -0.176. The second-order valence-corrected chi connectivity index (χ2v) is 5.81. The summed E-state index contributed by atoms with van der Waals surface area (Å²) in [5.41, 5.74) is 1.38. The molecule has 1 heterocycles. The number of carbonyl (C=O) groups excluding carboxylic acids is 1. The summed E-state index contributed by atoms with van der Waals surface area (Å²) in [7, 11) is 1.36. The van der Waals surface area contributed by atoms with Gasteiger partial charge in [-0.05, 0) is 36.6 Å². The van der Waals surface area contributed by atoms with Crippen molar-refractivity contribution >= 4 is 5.91 Å². The van der Waals surface area contributed by atoms with Crippen molar-refractivity contribution in [3.8, 4) is 11.5 Å². The molecule has 25 heavy (non-hydrogen) atoms. The molecule has 6 heteroatoms. The highest BCUT2D eigenvalue weighted by molar-refractivity contribution is 5.95. The molecule has 1 amide bonds. The number of alkyl halides is 2. The van der Waals surface area contributed by atoms with Gasteiger partial charge in [0.1, 0.15) is 0 Å². The average molecular weight is 347 g/mol. The van der Waals surface area contributed by atoms with Gasteiger partial charge in [0.2, 0.25) is 0 Å². The Balaban J connectivity index is 1.87. The second kappa shape index (κ2) is 7.51. The van der Waals surface area contributed by atoms with Gasteiger partial charge in [-0.15, -0.1) is 0 Å². The maximum absolute atomic E-state index is 12.9. The second-order valence-electron chi connectivity index (χ2n) is 5.81. The summed E-state index contributed by atoms with van der Waals surface area (Å²) < 4.78 is 34.6. The number of hydrogen-bond acceptors (Lipinski definition) is 3. The number of carbonyl (C=O) groups is 1. The van der Waals surface area contributed by atoms with Crippen LogP contribution in [-0.2, 0) is 0 Å². The highest BCUT2D eigenvalue weighted by Crippen LogP contribution is 2.35. The largest absolute Gasteiger partial charge is 0.493 e. The zero-order valence-corrected chi connectivity index (χ0v) is 13.8. The minimum absolute atomic E-state index is 0.00438. The molecule has 0 unspecified atom stereocenters. The van der Waals surface area contributed by atoms with Gasteiger partial charge in [0, 0.05) is 12.1 Å². The quantitative estimate of drug-likeness (QED) is 0.811. The van der Waals surface area contributed by atoms with Crippen LogP contribution in [0, 0.1) is 0 Å². The van der Waals surface area contributed by atoms with E-state index in [4.69, 9.17) is 4.74 Å². The van der Waals surface area contributed by atoms with E-state index >= 15 is 0 Å². The van der Waals surface area contributed by atoms with Gasteiger partial charge < -0.3 is 14.4 Å². The van der Waals surface area contributed by atoms with Crippen LogP contribution in [0.4, 0.5) is 8.78 Å². The molecule has 0 N–H and O–H groups in total. The van der Waals surface area contributed by atoms with Crippen LogP contribution in [0.15, 0.2) is 48.5 Å². The fourth-order valence-corrected chi connectivity index (χ4v) is 3.20. The average Bonchev–Trinajstić information content (AvgIpc) is 3.11. The molecule has 1 fully saturated rings. The van der Waals surface area contributed by atoms with Gasteiger partial charge in [-0.3, -0.25) is 4.79 Å². The zero-order valence-electron chi connectivity index (χ0n) is 13.8. The van der Waals surface area contributed by atoms with Crippen LogP contribution in [-0.4, -0.2) is 31.1 Å². The number of nitrogens with zero attached hydrogens (tertiary/aromatic N) is 1. The smallest absolute Gasteiger partial charge is 0.387 e. The lowest BCUT2D eigenvalue weighted by Crippen LogP contribution is -2.30. The van der Waals surface area contributed by atoms with Gasteiger partial charge in [-0.25, -0.2) is 0 Å². The Morgan fingerprint density at radius 2 is 1.92 bits per heavy atom. The van der Waals surface area contributed by atoms with Gasteiger partial charge in [-0.1, -0.05) is 30.3 Å². The number of amides is 1. The van der Waals surface area contributed by atoms with Crippen molar-refractivity contribution in [2.45, 2.75) is 25.5 Å². The van der Waals surface area contributed by atoms with E-state index in [9.17, 15) is 13.6 Å². The molecule has 0 aromatic heterocycles. The van der Waals surface area contributed by atoms with Crippen LogP contribution < -0.4 is 9.47 Å². The lowest BCUT2D eigenvalue weighted by Gasteiger charge is -2.25. The molecule has 0 radical (unpaired) electrons. The predicted molar refractivity (Wildman–Crippen MR) is 89.1 cm³/mol. The molecule has 0 aliphatic carbocycles. The molecule has 0 saturated carbocycles. The van der Waals surface area contributed by atoms with Gasteiger partial charge in [0.15, 0.2) is 11.5 Å². The maximum Gasteiger partial charge on any atom is 0.387 e. The Morgan fingerprint density at radius 3 is 2.60 bits per heavy atom. The summed E-state index contributed by atoms with van der Waals surface area (Å²) in [5, 5.41) is 0.